The second kappa shape index (κ2) is 12.8. The molecular weight excluding hydrogens is 300 g/mol. The van der Waals surface area contributed by atoms with Gasteiger partial charge in [0.2, 0.25) is 0 Å². The molecule has 1 nitrogen and oxygen atoms in total. The van der Waals surface area contributed by atoms with Gasteiger partial charge in [0.05, 0.1) is 6.61 Å². The molecule has 0 aliphatic heterocycles. The number of unbranched alkanes of at least 4 members (excludes halogenated alkanes) is 6. The van der Waals surface area contributed by atoms with E-state index in [2.05, 4.69) is 11.8 Å². The van der Waals surface area contributed by atoms with Crippen LogP contribution in [0.1, 0.15) is 77.0 Å². The van der Waals surface area contributed by atoms with Gasteiger partial charge in [0.25, 0.3) is 0 Å². The average Bonchev–Trinajstić information content (AvgIpc) is 2.61. The molecule has 1 aliphatic carbocycles. The zero-order chi connectivity index (χ0) is 16.0. The minimum atomic E-state index is 0.863. The van der Waals surface area contributed by atoms with E-state index in [1.165, 1.54) is 82.8 Å². The molecule has 0 saturated heterocycles. The standard InChI is InChI=1S/C21H34OS/c1(2-4-12-18-22-20-14-8-6-9-15-20)3-5-13-19-23-21-16-10-7-11-17-21/h6,8-9,14-15,21H,1-5,7,10-13,16-19H2. The number of para-hydroxylation sites is 1. The van der Waals surface area contributed by atoms with Crippen molar-refractivity contribution in [3.8, 4) is 5.75 Å². The Balaban J connectivity index is 1.30. The lowest BCUT2D eigenvalue weighted by atomic mass is 10.0. The van der Waals surface area contributed by atoms with Gasteiger partial charge in [-0.05, 0) is 43.6 Å². The van der Waals surface area contributed by atoms with Gasteiger partial charge in [-0.2, -0.15) is 11.8 Å². The molecule has 0 N–H and O–H groups in total. The molecule has 23 heavy (non-hydrogen) atoms. The van der Waals surface area contributed by atoms with Gasteiger partial charge in [0, 0.05) is 5.25 Å². The van der Waals surface area contributed by atoms with Crippen molar-refractivity contribution in [2.24, 2.45) is 0 Å². The lowest BCUT2D eigenvalue weighted by Gasteiger charge is -2.20. The fourth-order valence-electron chi connectivity index (χ4n) is 3.28. The van der Waals surface area contributed by atoms with E-state index in [0.29, 0.717) is 0 Å². The summed E-state index contributed by atoms with van der Waals surface area (Å²) in [7, 11) is 0. The third-order valence-electron chi connectivity index (χ3n) is 4.71. The largest absolute Gasteiger partial charge is 0.494 e. The molecule has 1 aliphatic rings. The maximum atomic E-state index is 5.72. The Morgan fingerprint density at radius 3 is 2.17 bits per heavy atom. The quantitative estimate of drug-likeness (QED) is 0.386. The van der Waals surface area contributed by atoms with Crippen LogP contribution in [0.25, 0.3) is 0 Å². The summed E-state index contributed by atoms with van der Waals surface area (Å²) < 4.78 is 5.72. The third kappa shape index (κ3) is 9.30. The summed E-state index contributed by atoms with van der Waals surface area (Å²) in [5.41, 5.74) is 0. The lowest BCUT2D eigenvalue weighted by molar-refractivity contribution is 0.304. The summed E-state index contributed by atoms with van der Waals surface area (Å²) >= 11 is 2.25. The molecule has 0 heterocycles. The van der Waals surface area contributed by atoms with Gasteiger partial charge >= 0.3 is 0 Å². The minimum Gasteiger partial charge on any atom is -0.494 e. The van der Waals surface area contributed by atoms with E-state index in [4.69, 9.17) is 4.74 Å². The summed E-state index contributed by atoms with van der Waals surface area (Å²) in [5.74, 6) is 2.40. The Morgan fingerprint density at radius 1 is 0.783 bits per heavy atom. The molecule has 0 amide bonds. The topological polar surface area (TPSA) is 9.23 Å². The van der Waals surface area contributed by atoms with E-state index in [-0.39, 0.29) is 0 Å². The second-order valence-corrected chi connectivity index (χ2v) is 8.18. The molecule has 0 bridgehead atoms. The Labute approximate surface area is 147 Å². The van der Waals surface area contributed by atoms with Crippen LogP contribution in [0.2, 0.25) is 0 Å². The highest BCUT2D eigenvalue weighted by Crippen LogP contribution is 2.28. The molecule has 0 spiro atoms. The van der Waals surface area contributed by atoms with E-state index in [9.17, 15) is 0 Å². The van der Waals surface area contributed by atoms with Crippen molar-refractivity contribution in [3.05, 3.63) is 30.3 Å². The van der Waals surface area contributed by atoms with Crippen LogP contribution >= 0.6 is 11.8 Å². The van der Waals surface area contributed by atoms with Gasteiger partial charge in [-0.3, -0.25) is 0 Å². The van der Waals surface area contributed by atoms with Crippen LogP contribution in [0.4, 0.5) is 0 Å². The van der Waals surface area contributed by atoms with Gasteiger partial charge < -0.3 is 4.74 Å². The van der Waals surface area contributed by atoms with E-state index in [1.807, 2.05) is 30.3 Å². The molecule has 130 valence electrons. The Kier molecular flexibility index (Phi) is 10.4. The fourth-order valence-corrected chi connectivity index (χ4v) is 4.65. The molecule has 0 atom stereocenters. The number of benzene rings is 1. The van der Waals surface area contributed by atoms with Crippen LogP contribution in [-0.2, 0) is 0 Å². The lowest BCUT2D eigenvalue weighted by Crippen LogP contribution is -2.08. The highest BCUT2D eigenvalue weighted by molar-refractivity contribution is 7.99. The molecule has 0 aromatic heterocycles. The zero-order valence-corrected chi connectivity index (χ0v) is 15.5. The highest BCUT2D eigenvalue weighted by Gasteiger charge is 2.12. The summed E-state index contributed by atoms with van der Waals surface area (Å²) in [6.07, 6.45) is 16.9. The van der Waals surface area contributed by atoms with Gasteiger partial charge in [-0.1, -0.05) is 69.6 Å². The predicted molar refractivity (Wildman–Crippen MR) is 104 cm³/mol. The first kappa shape index (κ1) is 18.7. The zero-order valence-electron chi connectivity index (χ0n) is 14.7. The summed E-state index contributed by atoms with van der Waals surface area (Å²) in [6, 6.07) is 10.2. The molecular formula is C21H34OS. The van der Waals surface area contributed by atoms with Crippen molar-refractivity contribution in [1.29, 1.82) is 0 Å². The number of hydrogen-bond donors (Lipinski definition) is 0. The van der Waals surface area contributed by atoms with Gasteiger partial charge in [-0.15, -0.1) is 0 Å². The van der Waals surface area contributed by atoms with Crippen LogP contribution in [-0.4, -0.2) is 17.6 Å². The molecule has 0 radical (unpaired) electrons. The van der Waals surface area contributed by atoms with Crippen molar-refractivity contribution in [2.75, 3.05) is 12.4 Å². The Hall–Kier alpha value is -0.630. The number of ether oxygens (including phenoxy) is 1. The highest BCUT2D eigenvalue weighted by atomic mass is 32.2. The normalized spacial score (nSPS) is 15.7. The van der Waals surface area contributed by atoms with E-state index < -0.39 is 0 Å². The predicted octanol–water partition coefficient (Wildman–Crippen LogP) is 6.86. The fraction of sp³-hybridized carbons (Fsp3) is 0.714. The van der Waals surface area contributed by atoms with Crippen LogP contribution in [0.15, 0.2) is 30.3 Å². The van der Waals surface area contributed by atoms with Crippen molar-refractivity contribution in [2.45, 2.75) is 82.3 Å². The third-order valence-corrected chi connectivity index (χ3v) is 6.17. The van der Waals surface area contributed by atoms with Gasteiger partial charge in [-0.25, -0.2) is 0 Å². The number of hydrogen-bond acceptors (Lipinski definition) is 2. The smallest absolute Gasteiger partial charge is 0.119 e. The van der Waals surface area contributed by atoms with E-state index in [1.54, 1.807) is 0 Å². The first-order valence-electron chi connectivity index (χ1n) is 9.74. The summed E-state index contributed by atoms with van der Waals surface area (Å²) in [6.45, 7) is 0.863. The molecule has 1 fully saturated rings. The maximum Gasteiger partial charge on any atom is 0.119 e. The van der Waals surface area contributed by atoms with Crippen LogP contribution in [0, 0.1) is 0 Å². The first-order chi connectivity index (χ1) is 11.4. The molecule has 2 rings (SSSR count). The molecule has 1 saturated carbocycles. The Bertz CT molecular complexity index is 373. The molecule has 0 unspecified atom stereocenters. The Morgan fingerprint density at radius 2 is 1.43 bits per heavy atom. The first-order valence-corrected chi connectivity index (χ1v) is 10.8. The second-order valence-electron chi connectivity index (χ2n) is 6.77. The van der Waals surface area contributed by atoms with Crippen molar-refractivity contribution < 1.29 is 4.74 Å². The van der Waals surface area contributed by atoms with Gasteiger partial charge in [0.15, 0.2) is 0 Å². The van der Waals surface area contributed by atoms with Crippen molar-refractivity contribution in [1.82, 2.24) is 0 Å². The van der Waals surface area contributed by atoms with E-state index in [0.717, 1.165) is 17.6 Å². The van der Waals surface area contributed by atoms with Crippen molar-refractivity contribution in [3.63, 3.8) is 0 Å². The maximum absolute atomic E-state index is 5.72. The van der Waals surface area contributed by atoms with Crippen LogP contribution < -0.4 is 4.74 Å². The summed E-state index contributed by atoms with van der Waals surface area (Å²) in [5, 5.41) is 0.994. The van der Waals surface area contributed by atoms with Crippen LogP contribution in [0.5, 0.6) is 5.75 Å². The minimum absolute atomic E-state index is 0.863. The molecule has 2 heteroatoms. The summed E-state index contributed by atoms with van der Waals surface area (Å²) in [4.78, 5) is 0. The molecule has 1 aromatic rings. The van der Waals surface area contributed by atoms with Crippen LogP contribution in [0.3, 0.4) is 0 Å². The van der Waals surface area contributed by atoms with Crippen molar-refractivity contribution >= 4 is 11.8 Å². The van der Waals surface area contributed by atoms with Gasteiger partial charge in [0.1, 0.15) is 5.75 Å². The SMILES string of the molecule is c1ccc(OCCCCCCCCCSC2CCCCC2)cc1. The number of thioether (sulfide) groups is 1. The van der Waals surface area contributed by atoms with E-state index >= 15 is 0 Å². The molecule has 1 aromatic carbocycles. The monoisotopic (exact) mass is 334 g/mol. The average molecular weight is 335 g/mol. The number of rotatable bonds is 12.